The highest BCUT2D eigenvalue weighted by molar-refractivity contribution is 7.13. The Morgan fingerprint density at radius 1 is 0.968 bits per heavy atom. The van der Waals surface area contributed by atoms with E-state index in [1.807, 2.05) is 12.3 Å². The third-order valence-electron chi connectivity index (χ3n) is 6.04. The van der Waals surface area contributed by atoms with Crippen molar-refractivity contribution in [3.63, 3.8) is 0 Å². The zero-order valence-corrected chi connectivity index (χ0v) is 18.8. The van der Waals surface area contributed by atoms with Crippen LogP contribution in [-0.2, 0) is 13.0 Å². The van der Waals surface area contributed by atoms with Crippen LogP contribution in [0.15, 0.2) is 66.2 Å². The lowest BCUT2D eigenvalue weighted by Crippen LogP contribution is -2.30. The molecule has 3 heterocycles. The molecule has 2 aromatic heterocycles. The van der Waals surface area contributed by atoms with Crippen LogP contribution in [0.5, 0.6) is 0 Å². The summed E-state index contributed by atoms with van der Waals surface area (Å²) in [6.07, 6.45) is 4.11. The average molecular weight is 429 g/mol. The van der Waals surface area contributed by atoms with E-state index in [0.717, 1.165) is 56.1 Å². The van der Waals surface area contributed by atoms with Gasteiger partial charge in [0.25, 0.3) is 0 Å². The average Bonchev–Trinajstić information content (AvgIpc) is 3.17. The van der Waals surface area contributed by atoms with Crippen LogP contribution >= 0.6 is 11.3 Å². The minimum Gasteiger partial charge on any atom is -0.368 e. The quantitative estimate of drug-likeness (QED) is 0.412. The highest BCUT2D eigenvalue weighted by Gasteiger charge is 2.19. The number of nitrogens with zero attached hydrogens (tertiary/aromatic N) is 4. The van der Waals surface area contributed by atoms with Crippen LogP contribution in [0.2, 0.25) is 0 Å². The van der Waals surface area contributed by atoms with Crippen molar-refractivity contribution < 1.29 is 0 Å². The molecule has 5 heteroatoms. The van der Waals surface area contributed by atoms with E-state index in [1.54, 1.807) is 11.3 Å². The normalized spacial score (nSPS) is 15.3. The fourth-order valence-electron chi connectivity index (χ4n) is 4.37. The lowest BCUT2D eigenvalue weighted by atomic mass is 10.1. The molecule has 1 aliphatic heterocycles. The molecule has 0 bridgehead atoms. The van der Waals surface area contributed by atoms with Gasteiger partial charge in [0.05, 0.1) is 16.9 Å². The zero-order chi connectivity index (χ0) is 21.0. The Hall–Kier alpha value is -2.76. The minimum atomic E-state index is 0.922. The second-order valence-corrected chi connectivity index (χ2v) is 9.03. The van der Waals surface area contributed by atoms with Gasteiger partial charge in [0.15, 0.2) is 0 Å². The molecule has 0 unspecified atom stereocenters. The Labute approximate surface area is 188 Å². The summed E-state index contributed by atoms with van der Waals surface area (Å²) in [7, 11) is 0. The van der Waals surface area contributed by atoms with Gasteiger partial charge in [-0.2, -0.15) is 0 Å². The second kappa shape index (κ2) is 9.16. The van der Waals surface area contributed by atoms with Crippen molar-refractivity contribution >= 4 is 27.9 Å². The number of hydrogen-bond donors (Lipinski definition) is 0. The Kier molecular flexibility index (Phi) is 5.96. The molecule has 1 saturated heterocycles. The van der Waals surface area contributed by atoms with Gasteiger partial charge >= 0.3 is 0 Å². The number of rotatable bonds is 5. The van der Waals surface area contributed by atoms with Crippen LogP contribution < -0.4 is 4.90 Å². The molecule has 4 aromatic rings. The summed E-state index contributed by atoms with van der Waals surface area (Å²) in [5, 5.41) is 4.57. The highest BCUT2D eigenvalue weighted by Crippen LogP contribution is 2.29. The topological polar surface area (TPSA) is 32.3 Å². The van der Waals surface area contributed by atoms with E-state index in [-0.39, 0.29) is 0 Å². The summed E-state index contributed by atoms with van der Waals surface area (Å²) in [6, 6.07) is 19.3. The van der Waals surface area contributed by atoms with Gasteiger partial charge in [-0.05, 0) is 36.6 Å². The van der Waals surface area contributed by atoms with Crippen LogP contribution in [-0.4, -0.2) is 41.0 Å². The summed E-state index contributed by atoms with van der Waals surface area (Å²) in [4.78, 5) is 14.7. The van der Waals surface area contributed by atoms with Gasteiger partial charge in [-0.1, -0.05) is 43.3 Å². The fraction of sp³-hybridized carbons (Fsp3) is 0.308. The van der Waals surface area contributed by atoms with Gasteiger partial charge in [0, 0.05) is 55.3 Å². The molecule has 0 spiro atoms. The summed E-state index contributed by atoms with van der Waals surface area (Å²) in [5.74, 6) is 0. The Morgan fingerprint density at radius 2 is 1.87 bits per heavy atom. The van der Waals surface area contributed by atoms with E-state index in [0.29, 0.717) is 0 Å². The van der Waals surface area contributed by atoms with Gasteiger partial charge in [-0.25, -0.2) is 4.98 Å². The van der Waals surface area contributed by atoms with E-state index < -0.39 is 0 Å². The Balaban J connectivity index is 1.30. The number of thiazole rings is 1. The molecule has 0 amide bonds. The van der Waals surface area contributed by atoms with Gasteiger partial charge in [-0.15, -0.1) is 11.3 Å². The molecule has 1 aliphatic rings. The number of aromatic nitrogens is 2. The molecule has 0 aliphatic carbocycles. The monoisotopic (exact) mass is 428 g/mol. The van der Waals surface area contributed by atoms with Crippen molar-refractivity contribution in [2.24, 2.45) is 0 Å². The molecule has 158 valence electrons. The fourth-order valence-corrected chi connectivity index (χ4v) is 5.19. The lowest BCUT2D eigenvalue weighted by molar-refractivity contribution is 0.282. The lowest BCUT2D eigenvalue weighted by Gasteiger charge is -2.25. The molecule has 0 N–H and O–H groups in total. The number of pyridine rings is 1. The van der Waals surface area contributed by atoms with Gasteiger partial charge in [-0.3, -0.25) is 9.88 Å². The van der Waals surface area contributed by atoms with Crippen molar-refractivity contribution in [1.29, 1.82) is 0 Å². The van der Waals surface area contributed by atoms with E-state index in [4.69, 9.17) is 9.97 Å². The van der Waals surface area contributed by atoms with Gasteiger partial charge < -0.3 is 4.90 Å². The summed E-state index contributed by atoms with van der Waals surface area (Å²) in [6.45, 7) is 7.39. The molecule has 0 radical (unpaired) electrons. The molecular formula is C26H28N4S. The molecule has 31 heavy (non-hydrogen) atoms. The number of fused-ring (bicyclic) bond motifs is 1. The van der Waals surface area contributed by atoms with E-state index >= 15 is 0 Å². The molecular weight excluding hydrogens is 400 g/mol. The maximum Gasteiger partial charge on any atom is 0.123 e. The van der Waals surface area contributed by atoms with Crippen LogP contribution in [0.4, 0.5) is 5.69 Å². The first-order valence-corrected chi connectivity index (χ1v) is 12.0. The summed E-state index contributed by atoms with van der Waals surface area (Å²) < 4.78 is 0. The third kappa shape index (κ3) is 4.48. The first kappa shape index (κ1) is 20.2. The van der Waals surface area contributed by atoms with Crippen molar-refractivity contribution in [3.05, 3.63) is 77.4 Å². The number of aryl methyl sites for hydroxylation is 1. The van der Waals surface area contributed by atoms with Gasteiger partial charge in [0.1, 0.15) is 5.01 Å². The van der Waals surface area contributed by atoms with E-state index in [2.05, 4.69) is 70.6 Å². The van der Waals surface area contributed by atoms with Crippen molar-refractivity contribution in [2.45, 2.75) is 26.3 Å². The van der Waals surface area contributed by atoms with Crippen LogP contribution in [0.1, 0.15) is 24.6 Å². The number of hydrogen-bond acceptors (Lipinski definition) is 5. The summed E-state index contributed by atoms with van der Waals surface area (Å²) >= 11 is 1.74. The van der Waals surface area contributed by atoms with Crippen molar-refractivity contribution in [2.75, 3.05) is 31.1 Å². The molecule has 2 aromatic carbocycles. The zero-order valence-electron chi connectivity index (χ0n) is 18.0. The van der Waals surface area contributed by atoms with E-state index in [1.165, 1.54) is 27.9 Å². The van der Waals surface area contributed by atoms with Crippen LogP contribution in [0.3, 0.4) is 0 Å². The van der Waals surface area contributed by atoms with Crippen LogP contribution in [0.25, 0.3) is 21.5 Å². The molecule has 0 atom stereocenters. The maximum absolute atomic E-state index is 4.90. The maximum atomic E-state index is 4.90. The van der Waals surface area contributed by atoms with Crippen molar-refractivity contribution in [3.8, 4) is 10.6 Å². The Morgan fingerprint density at radius 3 is 2.74 bits per heavy atom. The minimum absolute atomic E-state index is 0.922. The smallest absolute Gasteiger partial charge is 0.123 e. The SMILES string of the molecule is CCc1cc(N2CCCN(Cc3csc(-c4ccccc4)n3)CC2)c2ncccc2c1. The van der Waals surface area contributed by atoms with Crippen LogP contribution in [0, 0.1) is 0 Å². The molecule has 0 saturated carbocycles. The second-order valence-electron chi connectivity index (χ2n) is 8.17. The first-order valence-electron chi connectivity index (χ1n) is 11.1. The largest absolute Gasteiger partial charge is 0.368 e. The highest BCUT2D eigenvalue weighted by atomic mass is 32.1. The predicted octanol–water partition coefficient (Wildman–Crippen LogP) is 5.63. The number of anilines is 1. The first-order chi connectivity index (χ1) is 15.3. The third-order valence-corrected chi connectivity index (χ3v) is 6.98. The van der Waals surface area contributed by atoms with Gasteiger partial charge in [0.2, 0.25) is 0 Å². The molecule has 5 rings (SSSR count). The van der Waals surface area contributed by atoms with E-state index in [9.17, 15) is 0 Å². The van der Waals surface area contributed by atoms with Crippen molar-refractivity contribution in [1.82, 2.24) is 14.9 Å². The molecule has 1 fully saturated rings. The predicted molar refractivity (Wildman–Crippen MR) is 131 cm³/mol. The molecule has 4 nitrogen and oxygen atoms in total. The number of benzene rings is 2. The Bertz CT molecular complexity index is 1150. The summed E-state index contributed by atoms with van der Waals surface area (Å²) in [5.41, 5.74) is 6.18. The standard InChI is InChI=1S/C26H28N4S/c1-2-20-16-22-10-6-11-27-25(22)24(17-20)30-13-7-12-29(14-15-30)18-23-19-31-26(28-23)21-8-4-3-5-9-21/h3-6,8-11,16-17,19H,2,7,12-15,18H2,1H3.